The van der Waals surface area contributed by atoms with E-state index in [0.29, 0.717) is 43.2 Å². The van der Waals surface area contributed by atoms with Gasteiger partial charge in [-0.1, -0.05) is 0 Å². The van der Waals surface area contributed by atoms with Crippen molar-refractivity contribution in [1.82, 2.24) is 14.9 Å². The third-order valence-corrected chi connectivity index (χ3v) is 6.94. The summed E-state index contributed by atoms with van der Waals surface area (Å²) in [7, 11) is -1.86. The van der Waals surface area contributed by atoms with Crippen LogP contribution in [-0.2, 0) is 10.0 Å². The highest BCUT2D eigenvalue weighted by Crippen LogP contribution is 2.22. The van der Waals surface area contributed by atoms with E-state index in [1.54, 1.807) is 43.0 Å². The average Bonchev–Trinajstić information content (AvgIpc) is 2.74. The predicted molar refractivity (Wildman–Crippen MR) is 113 cm³/mol. The smallest absolute Gasteiger partial charge is 0.260 e. The number of carbonyl (C=O) groups excluding carboxylic acids is 1. The molecule has 1 amide bonds. The molecule has 1 N–H and O–H groups in total. The van der Waals surface area contributed by atoms with E-state index in [9.17, 15) is 18.0 Å². The Morgan fingerprint density at radius 3 is 2.53 bits per heavy atom. The highest BCUT2D eigenvalue weighted by molar-refractivity contribution is 7.92. The number of carbonyl (C=O) groups is 1. The minimum Gasteiger partial charge on any atom is -0.474 e. The third kappa shape index (κ3) is 4.81. The Morgan fingerprint density at radius 1 is 1.27 bits per heavy atom. The molecule has 0 radical (unpaired) electrons. The van der Waals surface area contributed by atoms with Crippen LogP contribution in [0.2, 0.25) is 0 Å². The number of amides is 1. The molecule has 0 bridgehead atoms. The maximum atomic E-state index is 12.6. The van der Waals surface area contributed by atoms with E-state index >= 15 is 0 Å². The number of aromatic nitrogens is 2. The number of rotatable bonds is 6. The molecule has 0 unspecified atom stereocenters. The van der Waals surface area contributed by atoms with E-state index < -0.39 is 10.0 Å². The van der Waals surface area contributed by atoms with Gasteiger partial charge in [0.15, 0.2) is 0 Å². The van der Waals surface area contributed by atoms with E-state index in [-0.39, 0.29) is 28.9 Å². The number of hydrogen-bond donors (Lipinski definition) is 1. The number of hydrogen-bond acceptors (Lipinski definition) is 6. The monoisotopic (exact) mass is 434 g/mol. The van der Waals surface area contributed by atoms with Crippen LogP contribution in [0.25, 0.3) is 0 Å². The Labute approximate surface area is 175 Å². The van der Waals surface area contributed by atoms with Crippen LogP contribution in [0.1, 0.15) is 35.8 Å². The number of likely N-dealkylation sites (tertiary alicyclic amines) is 1. The Bertz CT molecular complexity index is 1060. The normalized spacial score (nSPS) is 15.1. The lowest BCUT2D eigenvalue weighted by Crippen LogP contribution is -2.43. The van der Waals surface area contributed by atoms with Gasteiger partial charge in [-0.2, -0.15) is 0 Å². The van der Waals surface area contributed by atoms with Gasteiger partial charge in [-0.15, -0.1) is 0 Å². The maximum Gasteiger partial charge on any atom is 0.260 e. The van der Waals surface area contributed by atoms with E-state index in [4.69, 9.17) is 4.74 Å². The van der Waals surface area contributed by atoms with Gasteiger partial charge in [-0.05, 0) is 32.0 Å². The molecule has 1 fully saturated rings. The number of piperidine rings is 1. The largest absolute Gasteiger partial charge is 0.474 e. The number of anilines is 1. The number of sulfonamides is 1. The van der Waals surface area contributed by atoms with Crippen molar-refractivity contribution in [2.45, 2.75) is 32.8 Å². The minimum absolute atomic E-state index is 0.00744. The summed E-state index contributed by atoms with van der Waals surface area (Å²) >= 11 is 0. The molecule has 9 nitrogen and oxygen atoms in total. The lowest BCUT2D eigenvalue weighted by Gasteiger charge is -2.31. The number of nitrogens with one attached hydrogen (secondary N) is 1. The van der Waals surface area contributed by atoms with Gasteiger partial charge in [0.1, 0.15) is 11.7 Å². The van der Waals surface area contributed by atoms with Crippen molar-refractivity contribution < 1.29 is 17.9 Å². The van der Waals surface area contributed by atoms with Crippen molar-refractivity contribution in [3.05, 3.63) is 52.1 Å². The molecular formula is C20H26N4O5S. The lowest BCUT2D eigenvalue weighted by atomic mass is 10.1. The second-order valence-electron chi connectivity index (χ2n) is 7.22. The highest BCUT2D eigenvalue weighted by Gasteiger charge is 2.26. The Kier molecular flexibility index (Phi) is 6.45. The van der Waals surface area contributed by atoms with Crippen LogP contribution in [0.3, 0.4) is 0 Å². The molecule has 162 valence electrons. The van der Waals surface area contributed by atoms with Crippen LogP contribution < -0.4 is 14.6 Å². The zero-order valence-electron chi connectivity index (χ0n) is 17.3. The Morgan fingerprint density at radius 2 is 1.97 bits per heavy atom. The van der Waals surface area contributed by atoms with Gasteiger partial charge < -0.3 is 14.6 Å². The number of aromatic amines is 1. The fourth-order valence-corrected chi connectivity index (χ4v) is 4.06. The molecule has 10 heteroatoms. The SMILES string of the molecule is CCS(=O)(=O)N(C)c1ccc(OC2CCN(C(=O)c3ccc(C)[nH]c3=O)CC2)nc1. The van der Waals surface area contributed by atoms with Crippen molar-refractivity contribution >= 4 is 21.6 Å². The lowest BCUT2D eigenvalue weighted by molar-refractivity contribution is 0.0586. The van der Waals surface area contributed by atoms with Crippen LogP contribution in [0.15, 0.2) is 35.3 Å². The van der Waals surface area contributed by atoms with Crippen LogP contribution in [0.5, 0.6) is 5.88 Å². The molecule has 1 aliphatic rings. The first-order valence-corrected chi connectivity index (χ1v) is 11.4. The second-order valence-corrected chi connectivity index (χ2v) is 9.51. The van der Waals surface area contributed by atoms with E-state index in [0.717, 1.165) is 0 Å². The average molecular weight is 435 g/mol. The van der Waals surface area contributed by atoms with Gasteiger partial charge in [0.2, 0.25) is 15.9 Å². The summed E-state index contributed by atoms with van der Waals surface area (Å²) in [5.74, 6) is 0.131. The van der Waals surface area contributed by atoms with Crippen LogP contribution in [0.4, 0.5) is 5.69 Å². The standard InChI is InChI=1S/C20H26N4O5S/c1-4-30(27,28)23(3)15-6-8-18(21-13-15)29-16-9-11-24(12-10-16)20(26)17-7-5-14(2)22-19(17)25/h5-8,13,16H,4,9-12H2,1-3H3,(H,22,25). The van der Waals surface area contributed by atoms with Crippen molar-refractivity contribution in [3.63, 3.8) is 0 Å². The summed E-state index contributed by atoms with van der Waals surface area (Å²) in [6.07, 6.45) is 2.58. The molecule has 3 rings (SSSR count). The molecule has 0 spiro atoms. The van der Waals surface area contributed by atoms with Crippen molar-refractivity contribution in [2.75, 3.05) is 30.2 Å². The molecule has 1 saturated heterocycles. The van der Waals surface area contributed by atoms with Gasteiger partial charge in [0.05, 0.1) is 17.6 Å². The summed E-state index contributed by atoms with van der Waals surface area (Å²) in [5.41, 5.74) is 0.940. The molecular weight excluding hydrogens is 408 g/mol. The molecule has 0 aromatic carbocycles. The number of aryl methyl sites for hydroxylation is 1. The number of ether oxygens (including phenoxy) is 1. The fourth-order valence-electron chi connectivity index (χ4n) is 3.24. The summed E-state index contributed by atoms with van der Waals surface area (Å²) in [5, 5.41) is 0. The summed E-state index contributed by atoms with van der Waals surface area (Å²) in [6.45, 7) is 4.31. The highest BCUT2D eigenvalue weighted by atomic mass is 32.2. The number of pyridine rings is 2. The van der Waals surface area contributed by atoms with E-state index in [1.807, 2.05) is 0 Å². The summed E-state index contributed by atoms with van der Waals surface area (Å²) in [6, 6.07) is 6.56. The summed E-state index contributed by atoms with van der Waals surface area (Å²) < 4.78 is 31.0. The third-order valence-electron chi connectivity index (χ3n) is 5.17. The molecule has 1 aliphatic heterocycles. The molecule has 0 atom stereocenters. The first kappa shape index (κ1) is 21.8. The second kappa shape index (κ2) is 8.86. The number of nitrogens with zero attached hydrogens (tertiary/aromatic N) is 3. The molecule has 0 aliphatic carbocycles. The first-order valence-electron chi connectivity index (χ1n) is 9.79. The van der Waals surface area contributed by atoms with Gasteiger partial charge in [-0.3, -0.25) is 13.9 Å². The quantitative estimate of drug-likeness (QED) is 0.738. The summed E-state index contributed by atoms with van der Waals surface area (Å²) in [4.78, 5) is 33.1. The Hall–Kier alpha value is -2.88. The molecule has 0 saturated carbocycles. The number of H-pyrrole nitrogens is 1. The first-order chi connectivity index (χ1) is 14.2. The predicted octanol–water partition coefficient (Wildman–Crippen LogP) is 1.55. The van der Waals surface area contributed by atoms with Crippen LogP contribution in [-0.4, -0.2) is 61.2 Å². The minimum atomic E-state index is -3.34. The van der Waals surface area contributed by atoms with Crippen molar-refractivity contribution in [1.29, 1.82) is 0 Å². The molecule has 3 heterocycles. The molecule has 2 aromatic heterocycles. The fraction of sp³-hybridized carbons (Fsp3) is 0.450. The van der Waals surface area contributed by atoms with E-state index in [1.165, 1.54) is 17.5 Å². The van der Waals surface area contributed by atoms with Crippen molar-refractivity contribution in [3.8, 4) is 5.88 Å². The Balaban J connectivity index is 1.57. The van der Waals surface area contributed by atoms with Gasteiger partial charge >= 0.3 is 0 Å². The van der Waals surface area contributed by atoms with Crippen LogP contribution >= 0.6 is 0 Å². The topological polar surface area (TPSA) is 113 Å². The van der Waals surface area contributed by atoms with E-state index in [2.05, 4.69) is 9.97 Å². The zero-order chi connectivity index (χ0) is 21.9. The maximum absolute atomic E-state index is 12.6. The molecule has 2 aromatic rings. The zero-order valence-corrected chi connectivity index (χ0v) is 18.1. The van der Waals surface area contributed by atoms with Gasteiger partial charge in [0, 0.05) is 44.7 Å². The van der Waals surface area contributed by atoms with Gasteiger partial charge in [-0.25, -0.2) is 13.4 Å². The van der Waals surface area contributed by atoms with Crippen LogP contribution in [0, 0.1) is 6.92 Å². The van der Waals surface area contributed by atoms with Gasteiger partial charge in [0.25, 0.3) is 11.5 Å². The van der Waals surface area contributed by atoms with Crippen molar-refractivity contribution in [2.24, 2.45) is 0 Å². The molecule has 30 heavy (non-hydrogen) atoms.